The fraction of sp³-hybridized carbons (Fsp3) is 0.706. The van der Waals surface area contributed by atoms with E-state index in [9.17, 15) is 25.2 Å². The van der Waals surface area contributed by atoms with E-state index in [1.165, 1.54) is 6.08 Å². The summed E-state index contributed by atoms with van der Waals surface area (Å²) in [7, 11) is 0. The van der Waals surface area contributed by atoms with Crippen molar-refractivity contribution in [3.8, 4) is 0 Å². The highest BCUT2D eigenvalue weighted by Gasteiger charge is 2.45. The Morgan fingerprint density at radius 1 is 1.24 bits per heavy atom. The summed E-state index contributed by atoms with van der Waals surface area (Å²) in [6.45, 7) is 4.62. The molecule has 1 aliphatic rings. The third-order valence-corrected chi connectivity index (χ3v) is 4.04. The van der Waals surface area contributed by atoms with Gasteiger partial charge >= 0.3 is 5.97 Å². The minimum Gasteiger partial charge on any atom is -0.432 e. The second-order valence-corrected chi connectivity index (χ2v) is 6.32. The molecule has 0 amide bonds. The number of hydrogen-bond acceptors (Lipinski definition) is 8. The summed E-state index contributed by atoms with van der Waals surface area (Å²) in [5, 5.41) is 47.8. The summed E-state index contributed by atoms with van der Waals surface area (Å²) in [5.41, 5.74) is -0.907. The summed E-state index contributed by atoms with van der Waals surface area (Å²) in [6, 6.07) is 0. The molecule has 144 valence electrons. The predicted octanol–water partition coefficient (Wildman–Crippen LogP) is -0.617. The lowest BCUT2D eigenvalue weighted by Crippen LogP contribution is -2.59. The Labute approximate surface area is 147 Å². The van der Waals surface area contributed by atoms with E-state index in [4.69, 9.17) is 14.6 Å². The summed E-state index contributed by atoms with van der Waals surface area (Å²) < 4.78 is 10.0. The fourth-order valence-electron chi connectivity index (χ4n) is 2.32. The molecule has 25 heavy (non-hydrogen) atoms. The van der Waals surface area contributed by atoms with Gasteiger partial charge in [-0.05, 0) is 26.2 Å². The van der Waals surface area contributed by atoms with E-state index >= 15 is 0 Å². The van der Waals surface area contributed by atoms with Crippen molar-refractivity contribution in [1.82, 2.24) is 0 Å². The number of allylic oxidation sites excluding steroid dienone is 1. The molecule has 5 N–H and O–H groups in total. The first-order valence-corrected chi connectivity index (χ1v) is 8.23. The molecule has 0 bridgehead atoms. The molecule has 1 rings (SSSR count). The second kappa shape index (κ2) is 10.0. The lowest BCUT2D eigenvalue weighted by atomic mass is 9.99. The van der Waals surface area contributed by atoms with Crippen LogP contribution < -0.4 is 0 Å². The number of aliphatic hydroxyl groups excluding tert-OH is 4. The highest BCUT2D eigenvalue weighted by Crippen LogP contribution is 2.22. The number of esters is 1. The van der Waals surface area contributed by atoms with Gasteiger partial charge in [0.05, 0.1) is 18.6 Å². The number of unbranched alkanes of at least 4 members (excludes halogenated alkanes) is 1. The Kier molecular flexibility index (Phi) is 8.70. The zero-order chi connectivity index (χ0) is 19.0. The molecule has 0 spiro atoms. The second-order valence-electron chi connectivity index (χ2n) is 6.32. The van der Waals surface area contributed by atoms with E-state index in [2.05, 4.69) is 6.58 Å². The maximum atomic E-state index is 11.8. The van der Waals surface area contributed by atoms with Gasteiger partial charge in [0.2, 0.25) is 6.29 Å². The number of ether oxygens (including phenoxy) is 2. The Hall–Kier alpha value is -1.29. The van der Waals surface area contributed by atoms with Gasteiger partial charge < -0.3 is 35.0 Å². The van der Waals surface area contributed by atoms with Crippen LogP contribution >= 0.6 is 0 Å². The molecular formula is C17H28O8. The quantitative estimate of drug-likeness (QED) is 0.208. The molecule has 0 saturated carbocycles. The largest absolute Gasteiger partial charge is 0.432 e. The minimum atomic E-state index is -1.60. The van der Waals surface area contributed by atoms with E-state index < -0.39 is 48.9 Å². The zero-order valence-corrected chi connectivity index (χ0v) is 14.3. The van der Waals surface area contributed by atoms with Crippen LogP contribution in [0, 0.1) is 0 Å². The van der Waals surface area contributed by atoms with Gasteiger partial charge in [0.15, 0.2) is 0 Å². The number of carbonyl (C=O) groups is 1. The summed E-state index contributed by atoms with van der Waals surface area (Å²) in [4.78, 5) is 11.8. The fourth-order valence-corrected chi connectivity index (χ4v) is 2.32. The van der Waals surface area contributed by atoms with Crippen molar-refractivity contribution in [2.24, 2.45) is 0 Å². The monoisotopic (exact) mass is 360 g/mol. The van der Waals surface area contributed by atoms with Gasteiger partial charge in [-0.15, -0.1) is 6.58 Å². The van der Waals surface area contributed by atoms with Crippen LogP contribution in [0.3, 0.4) is 0 Å². The number of rotatable bonds is 9. The zero-order valence-electron chi connectivity index (χ0n) is 14.3. The molecule has 6 atom stereocenters. The Morgan fingerprint density at radius 3 is 2.52 bits per heavy atom. The van der Waals surface area contributed by atoms with Gasteiger partial charge in [-0.2, -0.15) is 0 Å². The van der Waals surface area contributed by atoms with Crippen molar-refractivity contribution in [3.05, 3.63) is 24.8 Å². The Morgan fingerprint density at radius 2 is 1.92 bits per heavy atom. The van der Waals surface area contributed by atoms with Crippen LogP contribution in [0.4, 0.5) is 0 Å². The molecule has 1 saturated heterocycles. The molecule has 0 aromatic carbocycles. The van der Waals surface area contributed by atoms with E-state index in [1.54, 1.807) is 19.1 Å². The standard InChI is InChI=1S/C17H28O8/c1-3-17(2,23)9-7-5-4-6-8-12(19)25-16-15(22)14(21)13(20)11(10-18)24-16/h3-4,6,11,13-16,18,20-23H,1,5,7-10H2,2H3/b6-4-/t11?,13-,14?,15?,16+,17+/m1/s1. The maximum absolute atomic E-state index is 11.8. The highest BCUT2D eigenvalue weighted by atomic mass is 16.7. The van der Waals surface area contributed by atoms with Crippen LogP contribution in [0.25, 0.3) is 0 Å². The predicted molar refractivity (Wildman–Crippen MR) is 88.3 cm³/mol. The molecule has 1 heterocycles. The van der Waals surface area contributed by atoms with Crippen LogP contribution in [0.1, 0.15) is 32.6 Å². The normalized spacial score (nSPS) is 32.3. The summed E-state index contributed by atoms with van der Waals surface area (Å²) in [5.74, 6) is -0.682. The van der Waals surface area contributed by atoms with E-state index in [0.29, 0.717) is 12.8 Å². The molecule has 0 aromatic heterocycles. The Balaban J connectivity index is 2.36. The third-order valence-electron chi connectivity index (χ3n) is 4.04. The minimum absolute atomic E-state index is 0.0626. The van der Waals surface area contributed by atoms with Crippen molar-refractivity contribution >= 4 is 5.97 Å². The lowest BCUT2D eigenvalue weighted by Gasteiger charge is -2.39. The average Bonchev–Trinajstić information content (AvgIpc) is 2.58. The van der Waals surface area contributed by atoms with Gasteiger partial charge in [0.1, 0.15) is 24.4 Å². The first-order chi connectivity index (χ1) is 11.7. The topological polar surface area (TPSA) is 137 Å². The third kappa shape index (κ3) is 6.85. The molecule has 1 aliphatic heterocycles. The number of aliphatic hydroxyl groups is 5. The van der Waals surface area contributed by atoms with Crippen molar-refractivity contribution in [2.45, 2.75) is 68.9 Å². The molecule has 0 aromatic rings. The molecule has 8 heteroatoms. The number of carbonyl (C=O) groups excluding carboxylic acids is 1. The Bertz CT molecular complexity index is 460. The van der Waals surface area contributed by atoms with E-state index in [0.717, 1.165) is 6.42 Å². The van der Waals surface area contributed by atoms with Crippen LogP contribution in [-0.2, 0) is 14.3 Å². The summed E-state index contributed by atoms with van der Waals surface area (Å²) in [6.07, 6.45) is -0.551. The van der Waals surface area contributed by atoms with Crippen molar-refractivity contribution in [3.63, 3.8) is 0 Å². The maximum Gasteiger partial charge on any atom is 0.312 e. The van der Waals surface area contributed by atoms with Crippen LogP contribution in [0.15, 0.2) is 24.8 Å². The van der Waals surface area contributed by atoms with Gasteiger partial charge in [-0.25, -0.2) is 0 Å². The van der Waals surface area contributed by atoms with Crippen LogP contribution in [0.5, 0.6) is 0 Å². The lowest BCUT2D eigenvalue weighted by molar-refractivity contribution is -0.292. The highest BCUT2D eigenvalue weighted by molar-refractivity contribution is 5.71. The summed E-state index contributed by atoms with van der Waals surface area (Å²) >= 11 is 0. The SMILES string of the molecule is C=C[C@](C)(O)CCC/C=C\CC(=O)O[C@@H]1OC(CO)[C@@H](O)C(O)C1O. The van der Waals surface area contributed by atoms with Gasteiger partial charge in [-0.3, -0.25) is 4.79 Å². The van der Waals surface area contributed by atoms with Crippen molar-refractivity contribution in [1.29, 1.82) is 0 Å². The average molecular weight is 360 g/mol. The van der Waals surface area contributed by atoms with Crippen molar-refractivity contribution < 1.29 is 39.8 Å². The molecule has 0 aliphatic carbocycles. The molecule has 8 nitrogen and oxygen atoms in total. The molecule has 3 unspecified atom stereocenters. The molecular weight excluding hydrogens is 332 g/mol. The van der Waals surface area contributed by atoms with Crippen LogP contribution in [0.2, 0.25) is 0 Å². The first-order valence-electron chi connectivity index (χ1n) is 8.23. The van der Waals surface area contributed by atoms with Crippen LogP contribution in [-0.4, -0.2) is 74.4 Å². The van der Waals surface area contributed by atoms with E-state index in [-0.39, 0.29) is 6.42 Å². The molecule has 1 fully saturated rings. The van der Waals surface area contributed by atoms with Gasteiger partial charge in [-0.1, -0.05) is 18.2 Å². The number of hydrogen-bond donors (Lipinski definition) is 5. The van der Waals surface area contributed by atoms with Gasteiger partial charge in [0, 0.05) is 0 Å². The van der Waals surface area contributed by atoms with Gasteiger partial charge in [0.25, 0.3) is 0 Å². The molecule has 0 radical (unpaired) electrons. The first kappa shape index (κ1) is 21.8. The smallest absolute Gasteiger partial charge is 0.312 e. The van der Waals surface area contributed by atoms with Crippen molar-refractivity contribution in [2.75, 3.05) is 6.61 Å². The van der Waals surface area contributed by atoms with E-state index in [1.807, 2.05) is 0 Å².